The number of rotatable bonds is 9. The monoisotopic (exact) mass is 398 g/mol. The Kier molecular flexibility index (Phi) is 7.49. The van der Waals surface area contributed by atoms with Crippen molar-refractivity contribution in [1.29, 1.82) is 0 Å². The van der Waals surface area contributed by atoms with Gasteiger partial charge in [-0.05, 0) is 41.4 Å². The number of aryl methyl sites for hydroxylation is 1. The lowest BCUT2D eigenvalue weighted by atomic mass is 10.2. The topological polar surface area (TPSA) is 66.5 Å². The molecule has 1 aromatic heterocycles. The number of thiophene rings is 1. The Balaban J connectivity index is 1.74. The largest absolute Gasteiger partial charge is 0.354 e. The smallest absolute Gasteiger partial charge is 0.243 e. The van der Waals surface area contributed by atoms with Crippen molar-refractivity contribution < 1.29 is 13.2 Å². The quantitative estimate of drug-likeness (QED) is 0.660. The van der Waals surface area contributed by atoms with Crippen LogP contribution in [0.5, 0.6) is 0 Å². The summed E-state index contributed by atoms with van der Waals surface area (Å²) in [5, 5.41) is 6.91. The van der Waals surface area contributed by atoms with E-state index in [4.69, 9.17) is 0 Å². The van der Waals surface area contributed by atoms with Gasteiger partial charge in [0.05, 0.1) is 11.4 Å². The molecule has 0 bridgehead atoms. The van der Waals surface area contributed by atoms with Gasteiger partial charge in [0.2, 0.25) is 15.9 Å². The van der Waals surface area contributed by atoms with Gasteiger partial charge in [-0.3, -0.25) is 4.79 Å². The van der Waals surface area contributed by atoms with E-state index in [0.717, 1.165) is 21.4 Å². The Labute approximate surface area is 157 Å². The molecule has 25 heavy (non-hydrogen) atoms. The molecule has 0 saturated heterocycles. The minimum absolute atomic E-state index is 0.189. The summed E-state index contributed by atoms with van der Waals surface area (Å²) < 4.78 is 25.9. The maximum absolute atomic E-state index is 12.4. The second kappa shape index (κ2) is 9.38. The second-order valence-electron chi connectivity index (χ2n) is 5.61. The van der Waals surface area contributed by atoms with Crippen LogP contribution in [-0.2, 0) is 20.6 Å². The van der Waals surface area contributed by atoms with E-state index in [2.05, 4.69) is 16.8 Å². The molecular weight excluding hydrogens is 376 g/mol. The first-order valence-electron chi connectivity index (χ1n) is 7.78. The first-order chi connectivity index (χ1) is 11.9. The van der Waals surface area contributed by atoms with Crippen LogP contribution in [0.25, 0.3) is 0 Å². The molecule has 1 amide bonds. The summed E-state index contributed by atoms with van der Waals surface area (Å²) in [7, 11) is -2.23. The molecule has 5 nitrogen and oxygen atoms in total. The number of hydrogen-bond acceptors (Lipinski definition) is 5. The maximum atomic E-state index is 12.4. The number of thioether (sulfide) groups is 1. The third-order valence-corrected chi connectivity index (χ3v) is 7.09. The highest BCUT2D eigenvalue weighted by molar-refractivity contribution is 7.98. The van der Waals surface area contributed by atoms with Crippen molar-refractivity contribution in [2.24, 2.45) is 0 Å². The number of sulfonamides is 1. The maximum Gasteiger partial charge on any atom is 0.243 e. The standard InChI is InChI=1S/C17H22N2O3S3/c1-14-3-5-16(6-4-14)25(21,22)19(2)11-17(20)18-8-10-24-13-15-7-9-23-12-15/h3-7,9,12H,8,10-11,13H2,1-2H3,(H,18,20). The van der Waals surface area contributed by atoms with Crippen molar-refractivity contribution in [2.75, 3.05) is 25.9 Å². The van der Waals surface area contributed by atoms with Crippen molar-refractivity contribution in [2.45, 2.75) is 17.6 Å². The van der Waals surface area contributed by atoms with Crippen LogP contribution in [-0.4, -0.2) is 44.5 Å². The van der Waals surface area contributed by atoms with Crippen LogP contribution in [0.2, 0.25) is 0 Å². The number of nitrogens with zero attached hydrogens (tertiary/aromatic N) is 1. The summed E-state index contributed by atoms with van der Waals surface area (Å²) in [6.07, 6.45) is 0. The number of carbonyl (C=O) groups excluding carboxylic acids is 1. The molecule has 0 saturated carbocycles. The lowest BCUT2D eigenvalue weighted by Gasteiger charge is -2.17. The van der Waals surface area contributed by atoms with Crippen LogP contribution in [0.3, 0.4) is 0 Å². The Morgan fingerprint density at radius 1 is 1.24 bits per heavy atom. The highest BCUT2D eigenvalue weighted by Gasteiger charge is 2.22. The van der Waals surface area contributed by atoms with Gasteiger partial charge in [0, 0.05) is 25.1 Å². The second-order valence-corrected chi connectivity index (χ2v) is 9.54. The summed E-state index contributed by atoms with van der Waals surface area (Å²) in [5.41, 5.74) is 2.27. The zero-order valence-electron chi connectivity index (χ0n) is 14.3. The molecule has 1 N–H and O–H groups in total. The van der Waals surface area contributed by atoms with E-state index >= 15 is 0 Å². The Hall–Kier alpha value is -1.35. The molecule has 0 spiro atoms. The Morgan fingerprint density at radius 2 is 1.96 bits per heavy atom. The van der Waals surface area contributed by atoms with Gasteiger partial charge in [0.25, 0.3) is 0 Å². The van der Waals surface area contributed by atoms with Crippen molar-refractivity contribution in [3.63, 3.8) is 0 Å². The van der Waals surface area contributed by atoms with Crippen LogP contribution in [0.15, 0.2) is 46.0 Å². The third-order valence-electron chi connectivity index (χ3n) is 3.51. The number of hydrogen-bond donors (Lipinski definition) is 1. The number of benzene rings is 1. The van der Waals surface area contributed by atoms with Gasteiger partial charge in [-0.2, -0.15) is 27.4 Å². The normalized spacial score (nSPS) is 11.6. The van der Waals surface area contributed by atoms with Crippen molar-refractivity contribution in [3.8, 4) is 0 Å². The summed E-state index contributed by atoms with van der Waals surface area (Å²) in [5.74, 6) is 1.41. The van der Waals surface area contributed by atoms with E-state index in [0.29, 0.717) is 6.54 Å². The molecule has 0 aliphatic heterocycles. The summed E-state index contributed by atoms with van der Waals surface area (Å²) in [6.45, 7) is 2.22. The number of nitrogens with one attached hydrogen (secondary N) is 1. The van der Waals surface area contributed by atoms with Gasteiger partial charge >= 0.3 is 0 Å². The number of amides is 1. The average Bonchev–Trinajstić information content (AvgIpc) is 3.08. The molecule has 0 unspecified atom stereocenters. The highest BCUT2D eigenvalue weighted by Crippen LogP contribution is 2.15. The van der Waals surface area contributed by atoms with E-state index < -0.39 is 10.0 Å². The SMILES string of the molecule is Cc1ccc(S(=O)(=O)N(C)CC(=O)NCCSCc2ccsc2)cc1. The number of likely N-dealkylation sites (N-methyl/N-ethyl adjacent to an activating group) is 1. The lowest BCUT2D eigenvalue weighted by Crippen LogP contribution is -2.39. The average molecular weight is 399 g/mol. The van der Waals surface area contributed by atoms with E-state index in [-0.39, 0.29) is 17.3 Å². The molecule has 1 heterocycles. The molecule has 0 fully saturated rings. The molecular formula is C17H22N2O3S3. The molecule has 0 aliphatic carbocycles. The Morgan fingerprint density at radius 3 is 2.60 bits per heavy atom. The van der Waals surface area contributed by atoms with E-state index in [1.54, 1.807) is 47.4 Å². The van der Waals surface area contributed by atoms with Crippen LogP contribution in [0.1, 0.15) is 11.1 Å². The van der Waals surface area contributed by atoms with Crippen LogP contribution >= 0.6 is 23.1 Å². The minimum Gasteiger partial charge on any atom is -0.354 e. The minimum atomic E-state index is -3.65. The highest BCUT2D eigenvalue weighted by atomic mass is 32.2. The molecule has 8 heteroatoms. The van der Waals surface area contributed by atoms with Gasteiger partial charge in [-0.25, -0.2) is 8.42 Å². The molecule has 0 radical (unpaired) electrons. The molecule has 1 aromatic carbocycles. The fourth-order valence-corrected chi connectivity index (χ4v) is 4.77. The van der Waals surface area contributed by atoms with Crippen molar-refractivity contribution >= 4 is 39.0 Å². The van der Waals surface area contributed by atoms with Gasteiger partial charge in [0.1, 0.15) is 0 Å². The van der Waals surface area contributed by atoms with Gasteiger partial charge in [-0.1, -0.05) is 17.7 Å². The van der Waals surface area contributed by atoms with Crippen molar-refractivity contribution in [3.05, 3.63) is 52.2 Å². The predicted molar refractivity (Wildman–Crippen MR) is 104 cm³/mol. The molecule has 136 valence electrons. The van der Waals surface area contributed by atoms with Crippen LogP contribution in [0, 0.1) is 6.92 Å². The van der Waals surface area contributed by atoms with Crippen LogP contribution < -0.4 is 5.32 Å². The summed E-state index contributed by atoms with van der Waals surface area (Å²) >= 11 is 3.41. The van der Waals surface area contributed by atoms with Crippen LogP contribution in [0.4, 0.5) is 0 Å². The zero-order chi connectivity index (χ0) is 18.3. The Bertz CT molecular complexity index is 772. The van der Waals surface area contributed by atoms with Gasteiger partial charge in [-0.15, -0.1) is 0 Å². The summed E-state index contributed by atoms with van der Waals surface area (Å²) in [4.78, 5) is 12.1. The lowest BCUT2D eigenvalue weighted by molar-refractivity contribution is -0.121. The fraction of sp³-hybridized carbons (Fsp3) is 0.353. The molecule has 0 atom stereocenters. The predicted octanol–water partition coefficient (Wildman–Crippen LogP) is 2.73. The van der Waals surface area contributed by atoms with Gasteiger partial charge < -0.3 is 5.32 Å². The zero-order valence-corrected chi connectivity index (χ0v) is 16.7. The fourth-order valence-electron chi connectivity index (χ4n) is 2.06. The van der Waals surface area contributed by atoms with E-state index in [9.17, 15) is 13.2 Å². The van der Waals surface area contributed by atoms with E-state index in [1.165, 1.54) is 12.6 Å². The van der Waals surface area contributed by atoms with E-state index in [1.807, 2.05) is 12.3 Å². The van der Waals surface area contributed by atoms with Gasteiger partial charge in [0.15, 0.2) is 0 Å². The molecule has 2 aromatic rings. The number of carbonyl (C=O) groups is 1. The first-order valence-corrected chi connectivity index (χ1v) is 11.3. The van der Waals surface area contributed by atoms with Crippen molar-refractivity contribution in [1.82, 2.24) is 9.62 Å². The first kappa shape index (κ1) is 20.0. The molecule has 0 aliphatic rings. The molecule has 2 rings (SSSR count). The summed E-state index contributed by atoms with van der Waals surface area (Å²) in [6, 6.07) is 8.68. The third kappa shape index (κ3) is 6.14.